The minimum absolute atomic E-state index is 0.0317. The fourth-order valence-corrected chi connectivity index (χ4v) is 4.12. The van der Waals surface area contributed by atoms with Gasteiger partial charge in [-0.1, -0.05) is 23.1 Å². The van der Waals surface area contributed by atoms with Gasteiger partial charge in [0.25, 0.3) is 0 Å². The zero-order valence-electron chi connectivity index (χ0n) is 14.5. The van der Waals surface area contributed by atoms with Crippen LogP contribution in [0.2, 0.25) is 0 Å². The van der Waals surface area contributed by atoms with Crippen molar-refractivity contribution in [3.8, 4) is 5.75 Å². The number of carbonyl (C=O) groups excluding carboxylic acids is 2. The molecule has 1 aliphatic rings. The largest absolute Gasteiger partial charge is 0.464 e. The first-order valence-corrected chi connectivity index (χ1v) is 10.9. The predicted molar refractivity (Wildman–Crippen MR) is 107 cm³/mol. The molecule has 1 fully saturated rings. The molecule has 0 spiro atoms. The van der Waals surface area contributed by atoms with Gasteiger partial charge in [-0.05, 0) is 40.9 Å². The number of hydrogen-bond donors (Lipinski definition) is 1. The van der Waals surface area contributed by atoms with E-state index in [-0.39, 0.29) is 23.3 Å². The summed E-state index contributed by atoms with van der Waals surface area (Å²) in [4.78, 5) is 35.8. The van der Waals surface area contributed by atoms with Crippen LogP contribution in [0.5, 0.6) is 5.75 Å². The number of ether oxygens (including phenoxy) is 1. The Hall–Kier alpha value is -2.44. The molecule has 0 saturated heterocycles. The molecule has 3 heterocycles. The van der Waals surface area contributed by atoms with E-state index in [9.17, 15) is 14.4 Å². The summed E-state index contributed by atoms with van der Waals surface area (Å²) < 4.78 is 16.4. The second-order valence-electron chi connectivity index (χ2n) is 5.99. The summed E-state index contributed by atoms with van der Waals surface area (Å²) in [6.45, 7) is 0. The van der Waals surface area contributed by atoms with Crippen molar-refractivity contribution in [1.29, 1.82) is 0 Å². The van der Waals surface area contributed by atoms with Crippen LogP contribution in [0, 0.1) is 5.92 Å². The second kappa shape index (κ2) is 8.51. The first kappa shape index (κ1) is 19.9. The van der Waals surface area contributed by atoms with Crippen LogP contribution in [0.3, 0.4) is 0 Å². The molecule has 0 atom stereocenters. The minimum Gasteiger partial charge on any atom is -0.464 e. The second-order valence-corrected chi connectivity index (χ2v) is 8.98. The van der Waals surface area contributed by atoms with Gasteiger partial charge in [-0.25, -0.2) is 4.79 Å². The molecule has 29 heavy (non-hydrogen) atoms. The molecule has 0 unspecified atom stereocenters. The summed E-state index contributed by atoms with van der Waals surface area (Å²) in [5, 5.41) is 11.1. The smallest absolute Gasteiger partial charge is 0.379 e. The van der Waals surface area contributed by atoms with E-state index in [4.69, 9.17) is 13.6 Å². The first-order valence-electron chi connectivity index (χ1n) is 8.34. The van der Waals surface area contributed by atoms with Crippen LogP contribution in [0.15, 0.2) is 47.1 Å². The quantitative estimate of drug-likeness (QED) is 0.295. The Balaban J connectivity index is 1.33. The highest BCUT2D eigenvalue weighted by molar-refractivity contribution is 9.10. The number of carbonyl (C=O) groups is 2. The van der Waals surface area contributed by atoms with Gasteiger partial charge in [-0.3, -0.25) is 9.59 Å². The molecule has 1 aliphatic carbocycles. The number of nitrogens with zero attached hydrogens (tertiary/aromatic N) is 2. The third-order valence-corrected chi connectivity index (χ3v) is 6.17. The number of halogens is 1. The summed E-state index contributed by atoms with van der Waals surface area (Å²) in [6.07, 6.45) is 2.90. The lowest BCUT2D eigenvalue weighted by atomic mass is 10.4. The summed E-state index contributed by atoms with van der Waals surface area (Å²) >= 11 is 5.64. The number of esters is 1. The van der Waals surface area contributed by atoms with E-state index >= 15 is 0 Å². The van der Waals surface area contributed by atoms with E-state index in [2.05, 4.69) is 31.4 Å². The number of aromatic nitrogens is 2. The van der Waals surface area contributed by atoms with Crippen molar-refractivity contribution in [1.82, 2.24) is 10.2 Å². The highest BCUT2D eigenvalue weighted by Gasteiger charge is 2.30. The molecule has 12 heteroatoms. The van der Waals surface area contributed by atoms with Gasteiger partial charge in [-0.15, -0.1) is 10.2 Å². The van der Waals surface area contributed by atoms with E-state index in [1.165, 1.54) is 41.3 Å². The van der Waals surface area contributed by atoms with E-state index < -0.39 is 11.4 Å². The van der Waals surface area contributed by atoms with Crippen molar-refractivity contribution in [3.05, 3.63) is 50.9 Å². The van der Waals surface area contributed by atoms with Crippen LogP contribution >= 0.6 is 39.0 Å². The maximum absolute atomic E-state index is 12.2. The zero-order chi connectivity index (χ0) is 20.4. The molecule has 3 aromatic heterocycles. The Morgan fingerprint density at radius 1 is 1.34 bits per heavy atom. The van der Waals surface area contributed by atoms with E-state index in [0.29, 0.717) is 25.7 Å². The maximum atomic E-state index is 12.2. The molecule has 0 bridgehead atoms. The molecule has 0 radical (unpaired) electrons. The Bertz CT molecular complexity index is 1120. The lowest BCUT2D eigenvalue weighted by Crippen LogP contribution is -2.14. The third-order valence-electron chi connectivity index (χ3n) is 3.75. The summed E-state index contributed by atoms with van der Waals surface area (Å²) in [5.74, 6) is -0.338. The Morgan fingerprint density at radius 3 is 2.86 bits per heavy atom. The van der Waals surface area contributed by atoms with Gasteiger partial charge in [0.2, 0.25) is 28.0 Å². The average Bonchev–Trinajstić information content (AvgIpc) is 3.31. The monoisotopic (exact) mass is 497 g/mol. The number of furan rings is 1. The summed E-state index contributed by atoms with van der Waals surface area (Å²) in [6, 6.07) is 4.20. The standard InChI is InChI=1S/C17H12BrN3O6S2/c18-13-4-3-11(26-13)15(24)27-12-6-25-9(5-10(12)22)7-28-17-21-20-16(29-17)19-14(23)8-1-2-8/h3-6,8H,1-2,7H2,(H,19,20,23). The number of amides is 1. The minimum atomic E-state index is -0.806. The number of thioether (sulfide) groups is 1. The van der Waals surface area contributed by atoms with E-state index in [1.807, 2.05) is 0 Å². The SMILES string of the molecule is O=C(Oc1coc(CSc2nnc(NC(=O)C3CC3)s2)cc1=O)c1ccc(Br)o1. The van der Waals surface area contributed by atoms with Crippen molar-refractivity contribution >= 4 is 56.0 Å². The molecule has 0 aliphatic heterocycles. The lowest BCUT2D eigenvalue weighted by molar-refractivity contribution is -0.117. The Morgan fingerprint density at radius 2 is 2.17 bits per heavy atom. The third kappa shape index (κ3) is 5.14. The normalized spacial score (nSPS) is 13.3. The number of hydrogen-bond acceptors (Lipinski definition) is 10. The molecular formula is C17H12BrN3O6S2. The lowest BCUT2D eigenvalue weighted by Gasteiger charge is -2.02. The number of anilines is 1. The topological polar surface area (TPSA) is 125 Å². The average molecular weight is 498 g/mol. The van der Waals surface area contributed by atoms with Crippen LogP contribution in [-0.4, -0.2) is 22.1 Å². The number of rotatable bonds is 7. The van der Waals surface area contributed by atoms with Crippen LogP contribution in [0.4, 0.5) is 5.13 Å². The maximum Gasteiger partial charge on any atom is 0.379 e. The Kier molecular flexibility index (Phi) is 5.83. The molecule has 0 aromatic carbocycles. The van der Waals surface area contributed by atoms with Crippen LogP contribution in [0.1, 0.15) is 29.2 Å². The molecule has 1 amide bonds. The van der Waals surface area contributed by atoms with E-state index in [1.54, 1.807) is 0 Å². The van der Waals surface area contributed by atoms with Gasteiger partial charge < -0.3 is 18.9 Å². The summed E-state index contributed by atoms with van der Waals surface area (Å²) in [7, 11) is 0. The zero-order valence-corrected chi connectivity index (χ0v) is 17.8. The van der Waals surface area contributed by atoms with Gasteiger partial charge in [-0.2, -0.15) is 0 Å². The first-order chi connectivity index (χ1) is 14.0. The van der Waals surface area contributed by atoms with Crippen molar-refractivity contribution in [2.24, 2.45) is 5.92 Å². The van der Waals surface area contributed by atoms with Gasteiger partial charge in [0.05, 0.1) is 5.75 Å². The predicted octanol–water partition coefficient (Wildman–Crippen LogP) is 3.71. The molecule has 1 N–H and O–H groups in total. The molecule has 3 aromatic rings. The van der Waals surface area contributed by atoms with E-state index in [0.717, 1.165) is 19.1 Å². The van der Waals surface area contributed by atoms with Gasteiger partial charge in [0, 0.05) is 12.0 Å². The van der Waals surface area contributed by atoms with Crippen molar-refractivity contribution in [2.75, 3.05) is 5.32 Å². The fraction of sp³-hybridized carbons (Fsp3) is 0.235. The van der Waals surface area contributed by atoms with Crippen molar-refractivity contribution in [3.63, 3.8) is 0 Å². The van der Waals surface area contributed by atoms with Gasteiger partial charge in [0.1, 0.15) is 12.0 Å². The van der Waals surface area contributed by atoms with Crippen molar-refractivity contribution in [2.45, 2.75) is 22.9 Å². The molecule has 9 nitrogen and oxygen atoms in total. The highest BCUT2D eigenvalue weighted by atomic mass is 79.9. The van der Waals surface area contributed by atoms with Crippen LogP contribution < -0.4 is 15.5 Å². The molecule has 150 valence electrons. The summed E-state index contributed by atoms with van der Waals surface area (Å²) in [5.41, 5.74) is -0.500. The van der Waals surface area contributed by atoms with Crippen molar-refractivity contribution < 1.29 is 23.2 Å². The molecule has 1 saturated carbocycles. The number of nitrogens with one attached hydrogen (secondary N) is 1. The molecular weight excluding hydrogens is 486 g/mol. The molecule has 4 rings (SSSR count). The van der Waals surface area contributed by atoms with Crippen LogP contribution in [-0.2, 0) is 10.5 Å². The fourth-order valence-electron chi connectivity index (χ4n) is 2.17. The van der Waals surface area contributed by atoms with Gasteiger partial charge >= 0.3 is 5.97 Å². The highest BCUT2D eigenvalue weighted by Crippen LogP contribution is 2.32. The Labute approximate surface area is 180 Å². The van der Waals surface area contributed by atoms with Gasteiger partial charge in [0.15, 0.2) is 9.01 Å². The van der Waals surface area contributed by atoms with Crippen LogP contribution in [0.25, 0.3) is 0 Å².